The van der Waals surface area contributed by atoms with Crippen LogP contribution in [0.1, 0.15) is 28.6 Å². The van der Waals surface area contributed by atoms with Gasteiger partial charge in [0.25, 0.3) is 5.91 Å². The summed E-state index contributed by atoms with van der Waals surface area (Å²) in [5.74, 6) is 1.63. The first-order valence-corrected chi connectivity index (χ1v) is 12.7. The van der Waals surface area contributed by atoms with Crippen LogP contribution in [-0.4, -0.2) is 39.3 Å². The lowest BCUT2D eigenvalue weighted by atomic mass is 10.1. The van der Waals surface area contributed by atoms with Gasteiger partial charge in [-0.1, -0.05) is 43.7 Å². The van der Waals surface area contributed by atoms with Crippen LogP contribution in [0.4, 0.5) is 10.8 Å². The molecular formula is C29H30N2O5S. The number of methoxy groups -OCH3 is 4. The van der Waals surface area contributed by atoms with Crippen LogP contribution in [0.5, 0.6) is 23.0 Å². The van der Waals surface area contributed by atoms with Crippen molar-refractivity contribution in [1.29, 1.82) is 0 Å². The molecule has 7 nitrogen and oxygen atoms in total. The van der Waals surface area contributed by atoms with E-state index >= 15 is 0 Å². The van der Waals surface area contributed by atoms with Gasteiger partial charge in [-0.2, -0.15) is 0 Å². The predicted molar refractivity (Wildman–Crippen MR) is 147 cm³/mol. The maximum absolute atomic E-state index is 14.2. The molecule has 1 aromatic heterocycles. The first-order chi connectivity index (χ1) is 18.0. The number of nitrogens with zero attached hydrogens (tertiary/aromatic N) is 2. The predicted octanol–water partition coefficient (Wildman–Crippen LogP) is 6.78. The number of ether oxygens (including phenoxy) is 4. The number of carbonyl (C=O) groups is 1. The Hall–Kier alpha value is -4.04. The third-order valence-electron chi connectivity index (χ3n) is 5.85. The number of anilines is 2. The topological polar surface area (TPSA) is 70.1 Å². The van der Waals surface area contributed by atoms with Crippen molar-refractivity contribution in [2.24, 2.45) is 0 Å². The van der Waals surface area contributed by atoms with Gasteiger partial charge in [-0.3, -0.25) is 9.69 Å². The Morgan fingerprint density at radius 1 is 0.865 bits per heavy atom. The summed E-state index contributed by atoms with van der Waals surface area (Å²) in [4.78, 5) is 21.9. The summed E-state index contributed by atoms with van der Waals surface area (Å²) in [6.07, 6.45) is 1.82. The fourth-order valence-electron chi connectivity index (χ4n) is 4.03. The zero-order chi connectivity index (χ0) is 26.4. The molecule has 0 atom stereocenters. The van der Waals surface area contributed by atoms with Crippen molar-refractivity contribution in [3.63, 3.8) is 0 Å². The van der Waals surface area contributed by atoms with Crippen LogP contribution in [0, 0.1) is 0 Å². The van der Waals surface area contributed by atoms with Crippen LogP contribution < -0.4 is 23.8 Å². The Balaban J connectivity index is 1.88. The molecule has 4 aromatic rings. The normalized spacial score (nSPS) is 10.6. The lowest BCUT2D eigenvalue weighted by Gasteiger charge is -2.22. The number of aryl methyl sites for hydroxylation is 1. The molecule has 0 saturated heterocycles. The Morgan fingerprint density at radius 3 is 2.05 bits per heavy atom. The molecule has 0 radical (unpaired) electrons. The smallest absolute Gasteiger partial charge is 0.264 e. The quantitative estimate of drug-likeness (QED) is 0.231. The Morgan fingerprint density at radius 2 is 1.51 bits per heavy atom. The van der Waals surface area contributed by atoms with Crippen LogP contribution in [-0.2, 0) is 6.42 Å². The molecule has 37 heavy (non-hydrogen) atoms. The zero-order valence-corrected chi connectivity index (χ0v) is 22.4. The van der Waals surface area contributed by atoms with Gasteiger partial charge >= 0.3 is 0 Å². The van der Waals surface area contributed by atoms with Gasteiger partial charge in [0.1, 0.15) is 5.75 Å². The standard InChI is InChI=1S/C29H30N2O5S/c1-6-10-25-26(19-11-8-7-9-12-19)30-29(37-25)31(21-13-15-22(33-2)16-14-21)28(32)20-17-23(34-3)27(36-5)24(18-20)35-4/h7-9,11-18H,6,10H2,1-5H3. The van der Waals surface area contributed by atoms with Crippen molar-refractivity contribution in [3.8, 4) is 34.3 Å². The van der Waals surface area contributed by atoms with Gasteiger partial charge < -0.3 is 18.9 Å². The van der Waals surface area contributed by atoms with Crippen LogP contribution in [0.3, 0.4) is 0 Å². The van der Waals surface area contributed by atoms with Crippen LogP contribution in [0.2, 0.25) is 0 Å². The molecule has 0 aliphatic heterocycles. The molecular weight excluding hydrogens is 488 g/mol. The average Bonchev–Trinajstić information content (AvgIpc) is 3.36. The molecule has 3 aromatic carbocycles. The number of rotatable bonds is 10. The molecule has 1 amide bonds. The van der Waals surface area contributed by atoms with E-state index in [1.54, 1.807) is 24.1 Å². The second kappa shape index (κ2) is 11.8. The number of hydrogen-bond acceptors (Lipinski definition) is 7. The molecule has 0 saturated carbocycles. The van der Waals surface area contributed by atoms with Gasteiger partial charge in [0.05, 0.1) is 39.8 Å². The van der Waals surface area contributed by atoms with Crippen molar-refractivity contribution in [1.82, 2.24) is 4.98 Å². The van der Waals surface area contributed by atoms with Gasteiger partial charge in [0, 0.05) is 16.0 Å². The van der Waals surface area contributed by atoms with Crippen molar-refractivity contribution >= 4 is 28.1 Å². The number of thiazole rings is 1. The monoisotopic (exact) mass is 518 g/mol. The van der Waals surface area contributed by atoms with Crippen molar-refractivity contribution in [2.75, 3.05) is 33.3 Å². The largest absolute Gasteiger partial charge is 0.497 e. The van der Waals surface area contributed by atoms with E-state index < -0.39 is 0 Å². The van der Waals surface area contributed by atoms with E-state index in [9.17, 15) is 4.79 Å². The van der Waals surface area contributed by atoms with Crippen LogP contribution in [0.25, 0.3) is 11.3 Å². The van der Waals surface area contributed by atoms with Gasteiger partial charge in [-0.05, 0) is 42.8 Å². The summed E-state index contributed by atoms with van der Waals surface area (Å²) in [6, 6.07) is 20.7. The van der Waals surface area contributed by atoms with Gasteiger partial charge in [-0.15, -0.1) is 11.3 Å². The number of hydrogen-bond donors (Lipinski definition) is 0. The van der Waals surface area contributed by atoms with E-state index in [1.165, 1.54) is 32.7 Å². The molecule has 192 valence electrons. The highest BCUT2D eigenvalue weighted by atomic mass is 32.1. The third-order valence-corrected chi connectivity index (χ3v) is 6.95. The summed E-state index contributed by atoms with van der Waals surface area (Å²) in [6.45, 7) is 2.14. The van der Waals surface area contributed by atoms with Gasteiger partial charge in [0.2, 0.25) is 5.75 Å². The Labute approximate surface area is 221 Å². The van der Waals surface area contributed by atoms with Crippen molar-refractivity contribution < 1.29 is 23.7 Å². The third kappa shape index (κ3) is 5.39. The molecule has 0 fully saturated rings. The van der Waals surface area contributed by atoms with Crippen molar-refractivity contribution in [2.45, 2.75) is 19.8 Å². The van der Waals surface area contributed by atoms with Crippen molar-refractivity contribution in [3.05, 3.63) is 77.2 Å². The summed E-state index contributed by atoms with van der Waals surface area (Å²) < 4.78 is 21.8. The Bertz CT molecular complexity index is 1330. The van der Waals surface area contributed by atoms with E-state index in [2.05, 4.69) is 6.92 Å². The average molecular weight is 519 g/mol. The number of amides is 1. The zero-order valence-electron chi connectivity index (χ0n) is 21.6. The molecule has 8 heteroatoms. The summed E-state index contributed by atoms with van der Waals surface area (Å²) in [5, 5.41) is 0.575. The van der Waals surface area contributed by atoms with Gasteiger partial charge in [0.15, 0.2) is 16.6 Å². The maximum Gasteiger partial charge on any atom is 0.264 e. The number of aromatic nitrogens is 1. The van der Waals surface area contributed by atoms with E-state index in [1.807, 2.05) is 54.6 Å². The molecule has 0 aliphatic rings. The van der Waals surface area contributed by atoms with Crippen LogP contribution in [0.15, 0.2) is 66.7 Å². The van der Waals surface area contributed by atoms with Gasteiger partial charge in [-0.25, -0.2) is 4.98 Å². The first kappa shape index (κ1) is 26.0. The second-order valence-electron chi connectivity index (χ2n) is 8.14. The maximum atomic E-state index is 14.2. The summed E-state index contributed by atoms with van der Waals surface area (Å²) >= 11 is 1.52. The number of benzene rings is 3. The highest BCUT2D eigenvalue weighted by molar-refractivity contribution is 7.16. The highest BCUT2D eigenvalue weighted by Gasteiger charge is 2.27. The molecule has 0 N–H and O–H groups in total. The molecule has 0 bridgehead atoms. The van der Waals surface area contributed by atoms with E-state index in [0.29, 0.717) is 39.4 Å². The SMILES string of the molecule is CCCc1sc(N(C(=O)c2cc(OC)c(OC)c(OC)c2)c2ccc(OC)cc2)nc1-c1ccccc1. The first-order valence-electron chi connectivity index (χ1n) is 11.9. The molecule has 4 rings (SSSR count). The van der Waals surface area contributed by atoms with E-state index in [-0.39, 0.29) is 5.91 Å². The molecule has 0 unspecified atom stereocenters. The highest BCUT2D eigenvalue weighted by Crippen LogP contribution is 2.41. The fraction of sp³-hybridized carbons (Fsp3) is 0.241. The summed E-state index contributed by atoms with van der Waals surface area (Å²) in [5.41, 5.74) is 2.94. The lowest BCUT2D eigenvalue weighted by molar-refractivity contribution is 0.0998. The minimum absolute atomic E-state index is 0.277. The minimum atomic E-state index is -0.277. The molecule has 0 aliphatic carbocycles. The minimum Gasteiger partial charge on any atom is -0.497 e. The fourth-order valence-corrected chi connectivity index (χ4v) is 5.24. The second-order valence-corrected chi connectivity index (χ2v) is 9.20. The Kier molecular flexibility index (Phi) is 8.30. The molecule has 1 heterocycles. The number of carbonyl (C=O) groups excluding carboxylic acids is 1. The van der Waals surface area contributed by atoms with Crippen LogP contribution >= 0.6 is 11.3 Å². The van der Waals surface area contributed by atoms with E-state index in [4.69, 9.17) is 23.9 Å². The lowest BCUT2D eigenvalue weighted by Crippen LogP contribution is -2.26. The molecule has 0 spiro atoms. The van der Waals surface area contributed by atoms with E-state index in [0.717, 1.165) is 29.0 Å². The summed E-state index contributed by atoms with van der Waals surface area (Å²) in [7, 11) is 6.19.